The first kappa shape index (κ1) is 23.4. The molecule has 0 spiro atoms. The number of carbonyl (C=O) groups is 1. The van der Waals surface area contributed by atoms with E-state index in [-0.39, 0.29) is 10.8 Å². The average Bonchev–Trinajstić information content (AvgIpc) is 3.09. The zero-order chi connectivity index (χ0) is 22.4. The third kappa shape index (κ3) is 5.98. The Morgan fingerprint density at radius 2 is 1.69 bits per heavy atom. The molecule has 32 heavy (non-hydrogen) atoms. The van der Waals surface area contributed by atoms with E-state index in [2.05, 4.69) is 20.1 Å². The van der Waals surface area contributed by atoms with Crippen LogP contribution in [-0.4, -0.2) is 93.6 Å². The third-order valence-electron chi connectivity index (χ3n) is 6.61. The van der Waals surface area contributed by atoms with Crippen molar-refractivity contribution < 1.29 is 17.9 Å². The van der Waals surface area contributed by atoms with Gasteiger partial charge in [-0.3, -0.25) is 9.69 Å². The minimum Gasteiger partial charge on any atom is -0.379 e. The Bertz CT molecular complexity index is 842. The van der Waals surface area contributed by atoms with Gasteiger partial charge in [-0.2, -0.15) is 4.31 Å². The normalized spacial score (nSPS) is 22.4. The van der Waals surface area contributed by atoms with Gasteiger partial charge in [0, 0.05) is 51.5 Å². The lowest BCUT2D eigenvalue weighted by Crippen LogP contribution is -2.50. The lowest BCUT2D eigenvalue weighted by molar-refractivity contribution is -0.123. The summed E-state index contributed by atoms with van der Waals surface area (Å²) in [4.78, 5) is 21.4. The summed E-state index contributed by atoms with van der Waals surface area (Å²) in [5.41, 5.74) is 0. The first-order chi connectivity index (χ1) is 15.5. The highest BCUT2D eigenvalue weighted by atomic mass is 32.2. The van der Waals surface area contributed by atoms with Crippen LogP contribution in [0.4, 0.5) is 5.82 Å². The summed E-state index contributed by atoms with van der Waals surface area (Å²) in [6.45, 7) is 5.14. The van der Waals surface area contributed by atoms with Gasteiger partial charge in [-0.1, -0.05) is 25.7 Å². The number of ether oxygens (including phenoxy) is 1. The summed E-state index contributed by atoms with van der Waals surface area (Å²) in [6, 6.07) is 3.75. The Kier molecular flexibility index (Phi) is 7.98. The molecule has 1 aromatic rings. The molecule has 178 valence electrons. The van der Waals surface area contributed by atoms with E-state index in [0.29, 0.717) is 38.9 Å². The predicted molar refractivity (Wildman–Crippen MR) is 122 cm³/mol. The first-order valence-corrected chi connectivity index (χ1v) is 13.3. The van der Waals surface area contributed by atoms with Crippen LogP contribution < -0.4 is 10.2 Å². The minimum absolute atomic E-state index is 0.126. The van der Waals surface area contributed by atoms with Crippen LogP contribution in [0.3, 0.4) is 0 Å². The molecule has 10 heteroatoms. The number of pyridine rings is 1. The maximum atomic E-state index is 12.8. The van der Waals surface area contributed by atoms with Gasteiger partial charge in [0.2, 0.25) is 15.9 Å². The van der Waals surface area contributed by atoms with Gasteiger partial charge in [-0.05, 0) is 25.0 Å². The molecule has 0 aromatic carbocycles. The molecule has 3 fully saturated rings. The number of hydrogen-bond donors (Lipinski definition) is 1. The van der Waals surface area contributed by atoms with Crippen molar-refractivity contribution >= 4 is 21.7 Å². The second kappa shape index (κ2) is 10.9. The lowest BCUT2D eigenvalue weighted by Gasteiger charge is -2.35. The van der Waals surface area contributed by atoms with Crippen molar-refractivity contribution in [2.24, 2.45) is 0 Å². The number of morpholine rings is 1. The van der Waals surface area contributed by atoms with Crippen LogP contribution in [0.5, 0.6) is 0 Å². The van der Waals surface area contributed by atoms with E-state index in [0.717, 1.165) is 44.8 Å². The minimum atomic E-state index is -3.53. The fourth-order valence-corrected chi connectivity index (χ4v) is 6.04. The molecule has 4 rings (SSSR count). The van der Waals surface area contributed by atoms with Crippen molar-refractivity contribution in [1.29, 1.82) is 0 Å². The lowest BCUT2D eigenvalue weighted by atomic mass is 10.1. The summed E-state index contributed by atoms with van der Waals surface area (Å²) < 4.78 is 32.2. The number of nitrogens with zero attached hydrogens (tertiary/aromatic N) is 4. The van der Waals surface area contributed by atoms with Gasteiger partial charge in [0.25, 0.3) is 0 Å². The zero-order valence-corrected chi connectivity index (χ0v) is 19.6. The van der Waals surface area contributed by atoms with Crippen molar-refractivity contribution in [3.05, 3.63) is 18.3 Å². The highest BCUT2D eigenvalue weighted by Crippen LogP contribution is 2.20. The van der Waals surface area contributed by atoms with E-state index in [9.17, 15) is 13.2 Å². The molecular formula is C22H35N5O4S. The van der Waals surface area contributed by atoms with Crippen molar-refractivity contribution in [3.63, 3.8) is 0 Å². The van der Waals surface area contributed by atoms with Crippen molar-refractivity contribution in [2.75, 3.05) is 63.9 Å². The second-order valence-corrected chi connectivity index (χ2v) is 10.8. The number of rotatable bonds is 6. The molecule has 2 aliphatic heterocycles. The van der Waals surface area contributed by atoms with Crippen LogP contribution in [0.25, 0.3) is 0 Å². The van der Waals surface area contributed by atoms with Crippen molar-refractivity contribution in [1.82, 2.24) is 19.5 Å². The molecule has 3 aliphatic rings. The topological polar surface area (TPSA) is 95.1 Å². The summed E-state index contributed by atoms with van der Waals surface area (Å²) in [5, 5.41) is 3.22. The van der Waals surface area contributed by atoms with Gasteiger partial charge in [0.1, 0.15) is 10.7 Å². The van der Waals surface area contributed by atoms with Crippen LogP contribution in [0.1, 0.15) is 38.5 Å². The number of piperazine rings is 1. The van der Waals surface area contributed by atoms with Crippen molar-refractivity contribution in [3.8, 4) is 0 Å². The summed E-state index contributed by atoms with van der Waals surface area (Å²) in [7, 11) is -3.53. The Morgan fingerprint density at radius 1 is 1.00 bits per heavy atom. The van der Waals surface area contributed by atoms with E-state index < -0.39 is 10.0 Å². The quantitative estimate of drug-likeness (QED) is 0.628. The highest BCUT2D eigenvalue weighted by molar-refractivity contribution is 7.89. The Hall–Kier alpha value is -1.75. The molecule has 9 nitrogen and oxygen atoms in total. The highest BCUT2D eigenvalue weighted by Gasteiger charge is 2.27. The number of amides is 1. The molecule has 0 radical (unpaired) electrons. The first-order valence-electron chi connectivity index (χ1n) is 11.8. The number of hydrogen-bond acceptors (Lipinski definition) is 7. The summed E-state index contributed by atoms with van der Waals surface area (Å²) in [5.74, 6) is 0.898. The van der Waals surface area contributed by atoms with Gasteiger partial charge in [-0.25, -0.2) is 13.4 Å². The Labute approximate surface area is 191 Å². The molecule has 3 heterocycles. The maximum absolute atomic E-state index is 12.8. The number of carbonyl (C=O) groups excluding carboxylic acids is 1. The number of aromatic nitrogens is 1. The third-order valence-corrected chi connectivity index (χ3v) is 8.49. The summed E-state index contributed by atoms with van der Waals surface area (Å²) >= 11 is 0. The standard InChI is InChI=1S/C22H35N5O4S/c28-22(24-19-5-3-1-2-4-6-19)18-25-9-11-26(12-10-25)21-8-7-20(17-23-21)32(29,30)27-13-15-31-16-14-27/h7-8,17,19H,1-6,9-16,18H2,(H,24,28). The monoisotopic (exact) mass is 465 g/mol. The van der Waals surface area contributed by atoms with Crippen LogP contribution in [0.15, 0.2) is 23.2 Å². The van der Waals surface area contributed by atoms with Crippen LogP contribution in [0, 0.1) is 0 Å². The van der Waals surface area contributed by atoms with E-state index in [1.54, 1.807) is 12.1 Å². The van der Waals surface area contributed by atoms with Gasteiger partial charge in [-0.15, -0.1) is 0 Å². The smallest absolute Gasteiger partial charge is 0.244 e. The molecule has 1 amide bonds. The van der Waals surface area contributed by atoms with Gasteiger partial charge in [0.15, 0.2) is 0 Å². The molecular weight excluding hydrogens is 430 g/mol. The molecule has 0 bridgehead atoms. The SMILES string of the molecule is O=C(CN1CCN(c2ccc(S(=O)(=O)N3CCOCC3)cn2)CC1)NC1CCCCCC1. The van der Waals surface area contributed by atoms with Gasteiger partial charge < -0.3 is 15.0 Å². The fraction of sp³-hybridized carbons (Fsp3) is 0.727. The molecule has 1 N–H and O–H groups in total. The largest absolute Gasteiger partial charge is 0.379 e. The molecule has 0 atom stereocenters. The maximum Gasteiger partial charge on any atom is 0.244 e. The number of nitrogens with one attached hydrogen (secondary N) is 1. The predicted octanol–water partition coefficient (Wildman–Crippen LogP) is 1.06. The van der Waals surface area contributed by atoms with Crippen LogP contribution in [-0.2, 0) is 19.6 Å². The number of sulfonamides is 1. The van der Waals surface area contributed by atoms with Crippen LogP contribution >= 0.6 is 0 Å². The zero-order valence-electron chi connectivity index (χ0n) is 18.7. The van der Waals surface area contributed by atoms with E-state index in [1.165, 1.54) is 36.2 Å². The second-order valence-electron chi connectivity index (χ2n) is 8.89. The molecule has 1 saturated carbocycles. The molecule has 1 aliphatic carbocycles. The number of anilines is 1. The summed E-state index contributed by atoms with van der Waals surface area (Å²) in [6.07, 6.45) is 8.63. The Morgan fingerprint density at radius 3 is 2.31 bits per heavy atom. The van der Waals surface area contributed by atoms with E-state index >= 15 is 0 Å². The molecule has 1 aromatic heterocycles. The molecule has 2 saturated heterocycles. The fourth-order valence-electron chi connectivity index (χ4n) is 4.68. The molecule has 0 unspecified atom stereocenters. The average molecular weight is 466 g/mol. The van der Waals surface area contributed by atoms with Gasteiger partial charge in [0.05, 0.1) is 19.8 Å². The van der Waals surface area contributed by atoms with E-state index in [4.69, 9.17) is 4.74 Å². The van der Waals surface area contributed by atoms with Gasteiger partial charge >= 0.3 is 0 Å². The Balaban J connectivity index is 1.25. The van der Waals surface area contributed by atoms with Crippen molar-refractivity contribution in [2.45, 2.75) is 49.5 Å². The van der Waals surface area contributed by atoms with Crippen LogP contribution in [0.2, 0.25) is 0 Å². The van der Waals surface area contributed by atoms with E-state index in [1.807, 2.05) is 0 Å².